The summed E-state index contributed by atoms with van der Waals surface area (Å²) in [6, 6.07) is 0. The SMILES string of the molecule is COC(=O)Cn1ncc(NCCCN(C)C)c(Cl)c1=O. The largest absolute Gasteiger partial charge is 0.468 e. The van der Waals surface area contributed by atoms with Crippen LogP contribution in [0, 0.1) is 0 Å². The Kier molecular flexibility index (Phi) is 6.47. The van der Waals surface area contributed by atoms with Gasteiger partial charge in [0.2, 0.25) is 0 Å². The van der Waals surface area contributed by atoms with Gasteiger partial charge in [0.25, 0.3) is 5.56 Å². The molecular formula is C12H19ClN4O3. The van der Waals surface area contributed by atoms with Crippen LogP contribution in [0.5, 0.6) is 0 Å². The molecule has 7 nitrogen and oxygen atoms in total. The Morgan fingerprint density at radius 2 is 2.25 bits per heavy atom. The quantitative estimate of drug-likeness (QED) is 0.581. The van der Waals surface area contributed by atoms with Crippen molar-refractivity contribution in [3.05, 3.63) is 21.6 Å². The summed E-state index contributed by atoms with van der Waals surface area (Å²) in [5, 5.41) is 6.96. The Hall–Kier alpha value is -1.60. The molecule has 0 atom stereocenters. The molecule has 1 aromatic heterocycles. The number of carbonyl (C=O) groups excluding carboxylic acids is 1. The van der Waals surface area contributed by atoms with Gasteiger partial charge in [-0.2, -0.15) is 5.10 Å². The topological polar surface area (TPSA) is 76.5 Å². The average Bonchev–Trinajstić information content (AvgIpc) is 2.41. The fraction of sp³-hybridized carbons (Fsp3) is 0.583. The fourth-order valence-corrected chi connectivity index (χ4v) is 1.72. The molecule has 0 aliphatic heterocycles. The molecule has 0 aromatic carbocycles. The zero-order valence-corrected chi connectivity index (χ0v) is 12.6. The summed E-state index contributed by atoms with van der Waals surface area (Å²) in [5.41, 5.74) is -0.0498. The maximum Gasteiger partial charge on any atom is 0.327 e. The third-order valence-electron chi connectivity index (χ3n) is 2.59. The maximum atomic E-state index is 11.9. The van der Waals surface area contributed by atoms with E-state index in [4.69, 9.17) is 11.6 Å². The Balaban J connectivity index is 2.69. The number of hydrogen-bond donors (Lipinski definition) is 1. The summed E-state index contributed by atoms with van der Waals surface area (Å²) in [6.07, 6.45) is 2.34. The number of carbonyl (C=O) groups is 1. The summed E-state index contributed by atoms with van der Waals surface area (Å²) in [6.45, 7) is 1.35. The van der Waals surface area contributed by atoms with Crippen molar-refractivity contribution in [3.8, 4) is 0 Å². The smallest absolute Gasteiger partial charge is 0.327 e. The Morgan fingerprint density at radius 3 is 2.85 bits per heavy atom. The first-order chi connectivity index (χ1) is 9.45. The van der Waals surface area contributed by atoms with E-state index in [1.54, 1.807) is 0 Å². The summed E-state index contributed by atoms with van der Waals surface area (Å²) in [5.74, 6) is -0.553. The molecule has 0 amide bonds. The second-order valence-electron chi connectivity index (χ2n) is 4.49. The standard InChI is InChI=1S/C12H19ClN4O3/c1-16(2)6-4-5-14-9-7-15-17(8-10(18)20-3)12(19)11(9)13/h7,14H,4-6,8H2,1-3H3. The van der Waals surface area contributed by atoms with Gasteiger partial charge in [0.1, 0.15) is 11.6 Å². The van der Waals surface area contributed by atoms with Gasteiger partial charge in [-0.1, -0.05) is 11.6 Å². The van der Waals surface area contributed by atoms with Crippen LogP contribution in [0.2, 0.25) is 5.02 Å². The van der Waals surface area contributed by atoms with E-state index >= 15 is 0 Å². The highest BCUT2D eigenvalue weighted by Gasteiger charge is 2.11. The number of nitrogens with one attached hydrogen (secondary N) is 1. The number of anilines is 1. The molecule has 0 radical (unpaired) electrons. The first kappa shape index (κ1) is 16.5. The van der Waals surface area contributed by atoms with Gasteiger partial charge in [0.15, 0.2) is 0 Å². The normalized spacial score (nSPS) is 10.7. The van der Waals surface area contributed by atoms with Crippen LogP contribution < -0.4 is 10.9 Å². The van der Waals surface area contributed by atoms with Crippen molar-refractivity contribution in [2.45, 2.75) is 13.0 Å². The van der Waals surface area contributed by atoms with Gasteiger partial charge in [-0.15, -0.1) is 0 Å². The molecule has 0 saturated carbocycles. The van der Waals surface area contributed by atoms with E-state index in [0.29, 0.717) is 12.2 Å². The summed E-state index contributed by atoms with van der Waals surface area (Å²) >= 11 is 5.97. The lowest BCUT2D eigenvalue weighted by atomic mass is 10.3. The minimum atomic E-state index is -0.553. The van der Waals surface area contributed by atoms with Gasteiger partial charge < -0.3 is 15.0 Å². The highest BCUT2D eigenvalue weighted by Crippen LogP contribution is 2.14. The van der Waals surface area contributed by atoms with Crippen molar-refractivity contribution >= 4 is 23.3 Å². The lowest BCUT2D eigenvalue weighted by Crippen LogP contribution is -2.28. The Bertz CT molecular complexity index is 516. The van der Waals surface area contributed by atoms with Crippen molar-refractivity contribution in [1.29, 1.82) is 0 Å². The number of hydrogen-bond acceptors (Lipinski definition) is 6. The predicted molar refractivity (Wildman–Crippen MR) is 77.2 cm³/mol. The Labute approximate surface area is 122 Å². The second kappa shape index (κ2) is 7.86. The van der Waals surface area contributed by atoms with E-state index in [1.807, 2.05) is 14.1 Å². The van der Waals surface area contributed by atoms with Crippen molar-refractivity contribution in [1.82, 2.24) is 14.7 Å². The molecule has 20 heavy (non-hydrogen) atoms. The molecule has 0 unspecified atom stereocenters. The monoisotopic (exact) mass is 302 g/mol. The molecule has 0 spiro atoms. The van der Waals surface area contributed by atoms with Gasteiger partial charge in [-0.3, -0.25) is 9.59 Å². The van der Waals surface area contributed by atoms with Crippen LogP contribution in [0.1, 0.15) is 6.42 Å². The van der Waals surface area contributed by atoms with Gasteiger partial charge >= 0.3 is 5.97 Å². The van der Waals surface area contributed by atoms with Crippen LogP contribution in [0.4, 0.5) is 5.69 Å². The van der Waals surface area contributed by atoms with E-state index in [1.165, 1.54) is 13.3 Å². The molecule has 112 valence electrons. The van der Waals surface area contributed by atoms with Crippen molar-refractivity contribution < 1.29 is 9.53 Å². The molecule has 1 heterocycles. The lowest BCUT2D eigenvalue weighted by molar-refractivity contribution is -0.141. The van der Waals surface area contributed by atoms with Gasteiger partial charge in [0, 0.05) is 6.54 Å². The number of halogens is 1. The van der Waals surface area contributed by atoms with Gasteiger partial charge in [-0.25, -0.2) is 4.68 Å². The zero-order valence-electron chi connectivity index (χ0n) is 11.9. The lowest BCUT2D eigenvalue weighted by Gasteiger charge is -2.12. The molecule has 1 aromatic rings. The van der Waals surface area contributed by atoms with Crippen LogP contribution in [0.25, 0.3) is 0 Å². The average molecular weight is 303 g/mol. The molecule has 1 rings (SSSR count). The van der Waals surface area contributed by atoms with Crippen LogP contribution in [-0.2, 0) is 16.1 Å². The maximum absolute atomic E-state index is 11.9. The van der Waals surface area contributed by atoms with Crippen molar-refractivity contribution in [3.63, 3.8) is 0 Å². The number of nitrogens with zero attached hydrogens (tertiary/aromatic N) is 3. The van der Waals surface area contributed by atoms with Crippen LogP contribution in [0.3, 0.4) is 0 Å². The first-order valence-electron chi connectivity index (χ1n) is 6.16. The number of rotatable bonds is 7. The predicted octanol–water partition coefficient (Wildman–Crippen LogP) is 0.433. The first-order valence-corrected chi connectivity index (χ1v) is 6.54. The fourth-order valence-electron chi connectivity index (χ4n) is 1.51. The number of aromatic nitrogens is 2. The molecular weight excluding hydrogens is 284 g/mol. The molecule has 0 aliphatic carbocycles. The van der Waals surface area contributed by atoms with Crippen LogP contribution >= 0.6 is 11.6 Å². The van der Waals surface area contributed by atoms with E-state index in [0.717, 1.165) is 17.6 Å². The molecule has 0 fully saturated rings. The molecule has 0 saturated heterocycles. The molecule has 1 N–H and O–H groups in total. The number of ether oxygens (including phenoxy) is 1. The summed E-state index contributed by atoms with van der Waals surface area (Å²) < 4.78 is 5.45. The van der Waals surface area contributed by atoms with Crippen molar-refractivity contribution in [2.24, 2.45) is 0 Å². The third kappa shape index (κ3) is 4.82. The van der Waals surface area contributed by atoms with E-state index < -0.39 is 11.5 Å². The highest BCUT2D eigenvalue weighted by molar-refractivity contribution is 6.32. The van der Waals surface area contributed by atoms with Crippen LogP contribution in [0.15, 0.2) is 11.0 Å². The summed E-state index contributed by atoms with van der Waals surface area (Å²) in [7, 11) is 5.22. The minimum Gasteiger partial charge on any atom is -0.468 e. The van der Waals surface area contributed by atoms with Gasteiger partial charge in [-0.05, 0) is 27.1 Å². The number of esters is 1. The molecule has 0 aliphatic rings. The van der Waals surface area contributed by atoms with Crippen LogP contribution in [-0.4, -0.2) is 54.9 Å². The van der Waals surface area contributed by atoms with E-state index in [2.05, 4.69) is 20.1 Å². The second-order valence-corrected chi connectivity index (χ2v) is 4.87. The van der Waals surface area contributed by atoms with Gasteiger partial charge in [0.05, 0.1) is 19.0 Å². The molecule has 0 bridgehead atoms. The summed E-state index contributed by atoms with van der Waals surface area (Å²) in [4.78, 5) is 25.1. The highest BCUT2D eigenvalue weighted by atomic mass is 35.5. The van der Waals surface area contributed by atoms with Crippen molar-refractivity contribution in [2.75, 3.05) is 39.6 Å². The minimum absolute atomic E-state index is 0.0220. The molecule has 8 heteroatoms. The number of methoxy groups -OCH3 is 1. The third-order valence-corrected chi connectivity index (χ3v) is 2.95. The zero-order chi connectivity index (χ0) is 15.1. The van der Waals surface area contributed by atoms with E-state index in [9.17, 15) is 9.59 Å². The Morgan fingerprint density at radius 1 is 1.55 bits per heavy atom. The van der Waals surface area contributed by atoms with E-state index in [-0.39, 0.29) is 11.6 Å².